The van der Waals surface area contributed by atoms with Crippen LogP contribution in [0, 0.1) is 11.7 Å². The number of likely N-dealkylation sites (tertiary alicyclic amines) is 1. The zero-order valence-electron chi connectivity index (χ0n) is 14.9. The fraction of sp³-hybridized carbons (Fsp3) is 0.368. The van der Waals surface area contributed by atoms with E-state index in [1.54, 1.807) is 18.3 Å². The average molecular weight is 388 g/mol. The second kappa shape index (κ2) is 7.38. The van der Waals surface area contributed by atoms with Crippen molar-refractivity contribution in [1.82, 2.24) is 19.6 Å². The number of carbonyl (C=O) groups is 1. The monoisotopic (exact) mass is 388 g/mol. The SMILES string of the molecule is CN1[C@H](CO)C[C@H](CNC(=O)c2cn3ccsc3n2)[C@@H]1c1ccccc1F. The summed E-state index contributed by atoms with van der Waals surface area (Å²) in [5.41, 5.74) is 0.965. The summed E-state index contributed by atoms with van der Waals surface area (Å²) in [5, 5.41) is 14.5. The molecule has 2 aromatic heterocycles. The number of rotatable bonds is 5. The second-order valence-electron chi connectivity index (χ2n) is 6.89. The summed E-state index contributed by atoms with van der Waals surface area (Å²) in [5.74, 6) is -0.511. The zero-order chi connectivity index (χ0) is 19.0. The molecule has 0 spiro atoms. The predicted octanol–water partition coefficient (Wildman–Crippen LogP) is 2.32. The summed E-state index contributed by atoms with van der Waals surface area (Å²) in [7, 11) is 1.89. The number of aliphatic hydroxyl groups is 1. The molecule has 0 unspecified atom stereocenters. The summed E-state index contributed by atoms with van der Waals surface area (Å²) < 4.78 is 16.2. The quantitative estimate of drug-likeness (QED) is 0.704. The van der Waals surface area contributed by atoms with Crippen molar-refractivity contribution in [3.05, 3.63) is 59.1 Å². The summed E-state index contributed by atoms with van der Waals surface area (Å²) in [6.07, 6.45) is 4.24. The molecule has 27 heavy (non-hydrogen) atoms. The minimum atomic E-state index is -0.265. The van der Waals surface area contributed by atoms with Crippen molar-refractivity contribution in [2.24, 2.45) is 5.92 Å². The first kappa shape index (κ1) is 18.1. The van der Waals surface area contributed by atoms with Crippen molar-refractivity contribution < 1.29 is 14.3 Å². The maximum absolute atomic E-state index is 14.4. The highest BCUT2D eigenvalue weighted by Gasteiger charge is 2.40. The van der Waals surface area contributed by atoms with Gasteiger partial charge in [-0.1, -0.05) is 18.2 Å². The standard InChI is InChI=1S/C19H21FN4O2S/c1-23-13(11-25)8-12(17(23)14-4-2-3-5-15(14)20)9-21-18(26)16-10-24-6-7-27-19(24)22-16/h2-7,10,12-13,17,25H,8-9,11H2,1H3,(H,21,26)/t12-,13+,17-/m1/s1. The third-order valence-electron chi connectivity index (χ3n) is 5.32. The van der Waals surface area contributed by atoms with Crippen LogP contribution in [0.1, 0.15) is 28.5 Å². The van der Waals surface area contributed by atoms with Crippen LogP contribution in [0.5, 0.6) is 0 Å². The van der Waals surface area contributed by atoms with E-state index in [4.69, 9.17) is 0 Å². The molecule has 8 heteroatoms. The Labute approximate surface area is 160 Å². The zero-order valence-corrected chi connectivity index (χ0v) is 15.7. The van der Waals surface area contributed by atoms with E-state index in [-0.39, 0.29) is 36.3 Å². The molecule has 4 rings (SSSR count). The van der Waals surface area contributed by atoms with Crippen LogP contribution in [0.2, 0.25) is 0 Å². The van der Waals surface area contributed by atoms with E-state index < -0.39 is 0 Å². The number of aliphatic hydroxyl groups excluding tert-OH is 1. The number of amides is 1. The normalized spacial score (nSPS) is 23.1. The van der Waals surface area contributed by atoms with Crippen LogP contribution in [-0.4, -0.2) is 51.5 Å². The Balaban J connectivity index is 1.51. The number of carbonyl (C=O) groups excluding carboxylic acids is 1. The van der Waals surface area contributed by atoms with Gasteiger partial charge in [0.1, 0.15) is 11.5 Å². The van der Waals surface area contributed by atoms with Gasteiger partial charge in [0.2, 0.25) is 0 Å². The van der Waals surface area contributed by atoms with Gasteiger partial charge in [-0.3, -0.25) is 14.1 Å². The summed E-state index contributed by atoms with van der Waals surface area (Å²) >= 11 is 1.47. The van der Waals surface area contributed by atoms with Crippen LogP contribution in [0.25, 0.3) is 4.96 Å². The maximum atomic E-state index is 14.4. The first-order chi connectivity index (χ1) is 13.1. The lowest BCUT2D eigenvalue weighted by Crippen LogP contribution is -2.34. The van der Waals surface area contributed by atoms with E-state index >= 15 is 0 Å². The molecular formula is C19H21FN4O2S. The third-order valence-corrected chi connectivity index (χ3v) is 6.09. The first-order valence-corrected chi connectivity index (χ1v) is 9.74. The molecule has 0 saturated carbocycles. The highest BCUT2D eigenvalue weighted by Crippen LogP contribution is 2.40. The number of nitrogens with zero attached hydrogens (tertiary/aromatic N) is 3. The van der Waals surface area contributed by atoms with Gasteiger partial charge in [0.05, 0.1) is 6.61 Å². The number of fused-ring (bicyclic) bond motifs is 1. The highest BCUT2D eigenvalue weighted by atomic mass is 32.1. The Kier molecular flexibility index (Phi) is 4.94. The van der Waals surface area contributed by atoms with Gasteiger partial charge in [0, 0.05) is 42.0 Å². The van der Waals surface area contributed by atoms with Crippen LogP contribution < -0.4 is 5.32 Å². The minimum Gasteiger partial charge on any atom is -0.395 e. The van der Waals surface area contributed by atoms with Crippen LogP contribution in [-0.2, 0) is 0 Å². The first-order valence-electron chi connectivity index (χ1n) is 8.86. The number of likely N-dealkylation sites (N-methyl/N-ethyl adjacent to an activating group) is 1. The number of thiazole rings is 1. The third kappa shape index (κ3) is 3.36. The average Bonchev–Trinajstić information content (AvgIpc) is 3.33. The van der Waals surface area contributed by atoms with Crippen molar-refractivity contribution in [3.8, 4) is 0 Å². The van der Waals surface area contributed by atoms with Crippen LogP contribution in [0.15, 0.2) is 42.0 Å². The van der Waals surface area contributed by atoms with Gasteiger partial charge in [0.15, 0.2) is 4.96 Å². The summed E-state index contributed by atoms with van der Waals surface area (Å²) in [4.78, 5) is 19.6. The van der Waals surface area contributed by atoms with Crippen molar-refractivity contribution in [3.63, 3.8) is 0 Å². The fourth-order valence-electron chi connectivity index (χ4n) is 3.94. The molecule has 1 aliphatic heterocycles. The smallest absolute Gasteiger partial charge is 0.271 e. The molecule has 1 aromatic carbocycles. The lowest BCUT2D eigenvalue weighted by atomic mass is 9.92. The predicted molar refractivity (Wildman–Crippen MR) is 101 cm³/mol. The molecule has 2 N–H and O–H groups in total. The van der Waals surface area contributed by atoms with Gasteiger partial charge < -0.3 is 10.4 Å². The van der Waals surface area contributed by atoms with Gasteiger partial charge >= 0.3 is 0 Å². The van der Waals surface area contributed by atoms with Gasteiger partial charge in [-0.05, 0) is 25.5 Å². The molecule has 0 aliphatic carbocycles. The number of halogens is 1. The highest BCUT2D eigenvalue weighted by molar-refractivity contribution is 7.15. The number of imidazole rings is 1. The molecule has 0 radical (unpaired) electrons. The Bertz CT molecular complexity index is 927. The lowest BCUT2D eigenvalue weighted by Gasteiger charge is -2.28. The number of benzene rings is 1. The Hall–Kier alpha value is -2.29. The van der Waals surface area contributed by atoms with Crippen LogP contribution >= 0.6 is 11.3 Å². The topological polar surface area (TPSA) is 69.9 Å². The van der Waals surface area contributed by atoms with Crippen molar-refractivity contribution in [1.29, 1.82) is 0 Å². The van der Waals surface area contributed by atoms with E-state index in [9.17, 15) is 14.3 Å². The summed E-state index contributed by atoms with van der Waals surface area (Å²) in [6.45, 7) is 0.396. The Morgan fingerprint density at radius 2 is 2.26 bits per heavy atom. The molecule has 1 amide bonds. The Morgan fingerprint density at radius 1 is 1.44 bits per heavy atom. The van der Waals surface area contributed by atoms with Gasteiger partial charge in [0.25, 0.3) is 5.91 Å². The van der Waals surface area contributed by atoms with E-state index in [1.165, 1.54) is 17.4 Å². The Morgan fingerprint density at radius 3 is 3.00 bits per heavy atom. The molecule has 1 saturated heterocycles. The van der Waals surface area contributed by atoms with Crippen molar-refractivity contribution in [2.45, 2.75) is 18.5 Å². The molecule has 0 bridgehead atoms. The van der Waals surface area contributed by atoms with Crippen molar-refractivity contribution in [2.75, 3.05) is 20.2 Å². The number of hydrogen-bond donors (Lipinski definition) is 2. The van der Waals surface area contributed by atoms with Crippen molar-refractivity contribution >= 4 is 22.2 Å². The largest absolute Gasteiger partial charge is 0.395 e. The minimum absolute atomic E-state index is 0.00303. The van der Waals surface area contributed by atoms with E-state index in [2.05, 4.69) is 10.3 Å². The molecule has 6 nitrogen and oxygen atoms in total. The van der Waals surface area contributed by atoms with Crippen LogP contribution in [0.3, 0.4) is 0 Å². The van der Waals surface area contributed by atoms with Gasteiger partial charge in [-0.2, -0.15) is 0 Å². The van der Waals surface area contributed by atoms with Crippen LogP contribution in [0.4, 0.5) is 4.39 Å². The molecule has 3 atom stereocenters. The van der Waals surface area contributed by atoms with Gasteiger partial charge in [-0.25, -0.2) is 9.37 Å². The number of nitrogens with one attached hydrogen (secondary N) is 1. The maximum Gasteiger partial charge on any atom is 0.271 e. The van der Waals surface area contributed by atoms with E-state index in [0.29, 0.717) is 24.2 Å². The lowest BCUT2D eigenvalue weighted by molar-refractivity contribution is 0.0938. The molecule has 1 aliphatic rings. The number of aromatic nitrogens is 2. The van der Waals surface area contributed by atoms with E-state index in [0.717, 1.165) is 4.96 Å². The molecule has 3 heterocycles. The molecule has 1 fully saturated rings. The second-order valence-corrected chi connectivity index (χ2v) is 7.77. The van der Waals surface area contributed by atoms with E-state index in [1.807, 2.05) is 34.0 Å². The molecule has 142 valence electrons. The molecular weight excluding hydrogens is 367 g/mol. The van der Waals surface area contributed by atoms with Gasteiger partial charge in [-0.15, -0.1) is 11.3 Å². The molecule has 3 aromatic rings. The number of hydrogen-bond acceptors (Lipinski definition) is 5. The summed E-state index contributed by atoms with van der Waals surface area (Å²) in [6, 6.07) is 6.44. The fourth-order valence-corrected chi connectivity index (χ4v) is 4.64.